The quantitative estimate of drug-likeness (QED) is 0.176. The van der Waals surface area contributed by atoms with Crippen LogP contribution in [0.4, 0.5) is 17.1 Å². The molecular formula is C32H24N4O5. The van der Waals surface area contributed by atoms with Gasteiger partial charge in [-0.05, 0) is 48.9 Å². The first-order valence-corrected chi connectivity index (χ1v) is 12.8. The lowest BCUT2D eigenvalue weighted by molar-refractivity contribution is -0.495. The minimum atomic E-state index is -2.39. The van der Waals surface area contributed by atoms with Crippen LogP contribution >= 0.6 is 0 Å². The predicted molar refractivity (Wildman–Crippen MR) is 151 cm³/mol. The van der Waals surface area contributed by atoms with E-state index in [9.17, 15) is 24.6 Å². The fraction of sp³-hybridized carbons (Fsp3) is 0.0625. The van der Waals surface area contributed by atoms with Gasteiger partial charge in [0.25, 0.3) is 11.4 Å². The highest BCUT2D eigenvalue weighted by atomic mass is 16.3. The number of hydrogen-bond donors (Lipinski definition) is 2. The third-order valence-electron chi connectivity index (χ3n) is 7.27. The average molecular weight is 545 g/mol. The molecule has 2 aliphatic heterocycles. The number of nitrogens with two attached hydrogens (primary N) is 1. The minimum Gasteiger partial charge on any atom is -0.872 e. The van der Waals surface area contributed by atoms with Gasteiger partial charge in [0.1, 0.15) is 17.1 Å². The fourth-order valence-corrected chi connectivity index (χ4v) is 5.43. The van der Waals surface area contributed by atoms with Crippen molar-refractivity contribution >= 4 is 46.4 Å². The first-order valence-electron chi connectivity index (χ1n) is 12.8. The molecule has 6 rings (SSSR count). The highest BCUT2D eigenvalue weighted by Gasteiger charge is 2.73. The Balaban J connectivity index is 1.78. The van der Waals surface area contributed by atoms with Gasteiger partial charge in [0.2, 0.25) is 0 Å². The van der Waals surface area contributed by atoms with E-state index in [0.29, 0.717) is 11.4 Å². The Morgan fingerprint density at radius 1 is 0.829 bits per heavy atom. The largest absolute Gasteiger partial charge is 0.872 e. The molecule has 0 aliphatic carbocycles. The molecule has 9 nitrogen and oxygen atoms in total. The van der Waals surface area contributed by atoms with E-state index < -0.39 is 34.6 Å². The molecule has 0 saturated carbocycles. The second-order valence-corrected chi connectivity index (χ2v) is 9.71. The van der Waals surface area contributed by atoms with Crippen molar-refractivity contribution in [2.75, 3.05) is 9.80 Å². The van der Waals surface area contributed by atoms with E-state index in [1.807, 2.05) is 6.92 Å². The first-order chi connectivity index (χ1) is 19.8. The maximum Gasteiger partial charge on any atom is 0.366 e. The number of carbonyl (C=O) groups excluding carboxylic acids is 3. The highest BCUT2D eigenvalue weighted by Crippen LogP contribution is 2.49. The van der Waals surface area contributed by atoms with E-state index in [0.717, 1.165) is 10.5 Å². The van der Waals surface area contributed by atoms with Gasteiger partial charge in [-0.3, -0.25) is 20.2 Å². The number of carbonyl (C=O) groups is 3. The summed E-state index contributed by atoms with van der Waals surface area (Å²) in [5.41, 5.74) is 5.31. The van der Waals surface area contributed by atoms with Crippen molar-refractivity contribution in [3.8, 4) is 5.75 Å². The number of para-hydroxylation sites is 4. The number of anilines is 2. The first kappa shape index (κ1) is 25.6. The zero-order chi connectivity index (χ0) is 28.9. The molecular weight excluding hydrogens is 520 g/mol. The number of benzene rings is 4. The van der Waals surface area contributed by atoms with Crippen LogP contribution in [0.1, 0.15) is 11.1 Å². The molecule has 1 fully saturated rings. The fourth-order valence-electron chi connectivity index (χ4n) is 5.43. The summed E-state index contributed by atoms with van der Waals surface area (Å²) in [5.74, 6) is -4.46. The molecule has 2 aliphatic rings. The van der Waals surface area contributed by atoms with Gasteiger partial charge in [-0.15, -0.1) is 0 Å². The van der Waals surface area contributed by atoms with Crippen molar-refractivity contribution < 1.29 is 29.2 Å². The van der Waals surface area contributed by atoms with Crippen LogP contribution < -0.4 is 20.6 Å². The van der Waals surface area contributed by atoms with Gasteiger partial charge in [0, 0.05) is 0 Å². The lowest BCUT2D eigenvalue weighted by Crippen LogP contribution is -2.59. The Morgan fingerprint density at radius 2 is 1.41 bits per heavy atom. The molecule has 2 amide bonds. The molecule has 202 valence electrons. The van der Waals surface area contributed by atoms with Crippen molar-refractivity contribution in [3.63, 3.8) is 0 Å². The average Bonchev–Trinajstić information content (AvgIpc) is 3.35. The number of hydrogen-bond acceptors (Lipinski definition) is 6. The molecule has 41 heavy (non-hydrogen) atoms. The zero-order valence-corrected chi connectivity index (χ0v) is 21.9. The van der Waals surface area contributed by atoms with Gasteiger partial charge < -0.3 is 10.2 Å². The molecule has 1 unspecified atom stereocenters. The topological polar surface area (TPSA) is 130 Å². The molecule has 0 bridgehead atoms. The molecule has 1 spiro atoms. The van der Waals surface area contributed by atoms with E-state index in [-0.39, 0.29) is 23.0 Å². The number of rotatable bonds is 4. The van der Waals surface area contributed by atoms with Crippen molar-refractivity contribution in [1.29, 1.82) is 0 Å². The molecule has 2 heterocycles. The van der Waals surface area contributed by atoms with Crippen molar-refractivity contribution in [2.24, 2.45) is 5.73 Å². The maximum atomic E-state index is 14.9. The summed E-state index contributed by atoms with van der Waals surface area (Å²) in [4.78, 5) is 44.8. The summed E-state index contributed by atoms with van der Waals surface area (Å²) in [7, 11) is 0. The SMILES string of the molecule is Cc1ccc(/C([O-])=C2\C(=O)C(=O)N(c3ccccc3O)C23C(=O)N(c2ccccc2)C(N)=[N+]3c2ccccc2)cc1. The Hall–Kier alpha value is -5.70. The number of aryl methyl sites for hydroxylation is 1. The monoisotopic (exact) mass is 544 g/mol. The number of aromatic hydroxyl groups is 1. The minimum absolute atomic E-state index is 0.114. The standard InChI is InChI=1S/C32H24N4O5/c1-20-16-18-21(19-17-20)27(38)26-28(39)29(40)36(24-14-8-9-15-25(24)37)32(26)30(41)34(22-10-4-2-5-11-22)31(33)35(32)23-12-6-3-7-13-23/h2-19,33H,1H3,(H2,37,38,39). The van der Waals surface area contributed by atoms with Crippen molar-refractivity contribution in [1.82, 2.24) is 0 Å². The second kappa shape index (κ2) is 9.49. The van der Waals surface area contributed by atoms with E-state index in [4.69, 9.17) is 5.73 Å². The summed E-state index contributed by atoms with van der Waals surface area (Å²) in [6.45, 7) is 1.85. The summed E-state index contributed by atoms with van der Waals surface area (Å²) in [6.07, 6.45) is 0. The zero-order valence-electron chi connectivity index (χ0n) is 21.9. The third kappa shape index (κ3) is 3.63. The normalized spacial score (nSPS) is 20.0. The Bertz CT molecular complexity index is 1780. The van der Waals surface area contributed by atoms with Crippen LogP contribution in [-0.4, -0.2) is 38.9 Å². The van der Waals surface area contributed by atoms with E-state index in [1.165, 1.54) is 39.8 Å². The smallest absolute Gasteiger partial charge is 0.366 e. The second-order valence-electron chi connectivity index (χ2n) is 9.71. The molecule has 4 aromatic rings. The highest BCUT2D eigenvalue weighted by molar-refractivity contribution is 6.55. The summed E-state index contributed by atoms with van der Waals surface area (Å²) >= 11 is 0. The van der Waals surface area contributed by atoms with Gasteiger partial charge in [0.15, 0.2) is 0 Å². The summed E-state index contributed by atoms with van der Waals surface area (Å²) in [6, 6.07) is 29.2. The van der Waals surface area contributed by atoms with Crippen LogP contribution in [0.25, 0.3) is 5.76 Å². The van der Waals surface area contributed by atoms with E-state index in [1.54, 1.807) is 78.9 Å². The Labute approximate surface area is 235 Å². The number of Topliss-reactive ketones (excluding diaryl/α,β-unsaturated/α-hetero) is 1. The summed E-state index contributed by atoms with van der Waals surface area (Å²) < 4.78 is 1.32. The number of amides is 2. The van der Waals surface area contributed by atoms with Crippen LogP contribution in [0.5, 0.6) is 5.75 Å². The van der Waals surface area contributed by atoms with E-state index >= 15 is 0 Å². The van der Waals surface area contributed by atoms with Crippen LogP contribution in [-0.2, 0) is 14.4 Å². The van der Waals surface area contributed by atoms with Gasteiger partial charge in [-0.2, -0.15) is 9.48 Å². The molecule has 0 aromatic heterocycles. The van der Waals surface area contributed by atoms with Crippen LogP contribution in [0, 0.1) is 6.92 Å². The summed E-state index contributed by atoms with van der Waals surface area (Å²) in [5, 5.41) is 25.2. The number of phenols is 1. The lowest BCUT2D eigenvalue weighted by Gasteiger charge is -2.35. The number of nitrogens with zero attached hydrogens (tertiary/aromatic N) is 3. The van der Waals surface area contributed by atoms with Crippen LogP contribution in [0.3, 0.4) is 0 Å². The number of guanidine groups is 1. The number of phenolic OH excluding ortho intramolecular Hbond substituents is 1. The molecule has 1 saturated heterocycles. The Morgan fingerprint density at radius 3 is 2.05 bits per heavy atom. The predicted octanol–water partition coefficient (Wildman–Crippen LogP) is 2.79. The molecule has 0 radical (unpaired) electrons. The number of ketones is 1. The van der Waals surface area contributed by atoms with Crippen molar-refractivity contribution in [2.45, 2.75) is 12.6 Å². The van der Waals surface area contributed by atoms with Gasteiger partial charge in [-0.1, -0.05) is 84.1 Å². The lowest BCUT2D eigenvalue weighted by atomic mass is 9.92. The van der Waals surface area contributed by atoms with Gasteiger partial charge in [0.05, 0.1) is 11.3 Å². The van der Waals surface area contributed by atoms with Gasteiger partial charge in [-0.25, -0.2) is 4.79 Å². The molecule has 1 atom stereocenters. The molecule has 9 heteroatoms. The van der Waals surface area contributed by atoms with Gasteiger partial charge >= 0.3 is 17.8 Å². The van der Waals surface area contributed by atoms with Crippen molar-refractivity contribution in [3.05, 3.63) is 126 Å². The Kier molecular flexibility index (Phi) is 5.92. The third-order valence-corrected chi connectivity index (χ3v) is 7.27. The van der Waals surface area contributed by atoms with Crippen LogP contribution in [0.2, 0.25) is 0 Å². The maximum absolute atomic E-state index is 14.9. The van der Waals surface area contributed by atoms with E-state index in [2.05, 4.69) is 0 Å². The molecule has 3 N–H and O–H groups in total. The molecule has 4 aromatic carbocycles. The van der Waals surface area contributed by atoms with Crippen LogP contribution in [0.15, 0.2) is 115 Å².